The van der Waals surface area contributed by atoms with E-state index in [1.165, 1.54) is 12.4 Å². The summed E-state index contributed by atoms with van der Waals surface area (Å²) in [5.74, 6) is -0.627. The van der Waals surface area contributed by atoms with Crippen LogP contribution < -0.4 is 5.48 Å². The summed E-state index contributed by atoms with van der Waals surface area (Å²) in [4.78, 5) is 22.5. The van der Waals surface area contributed by atoms with Crippen molar-refractivity contribution in [1.29, 1.82) is 0 Å². The molecule has 1 aromatic heterocycles. The van der Waals surface area contributed by atoms with E-state index in [9.17, 15) is 4.79 Å². The first-order valence-electron chi connectivity index (χ1n) is 3.57. The summed E-state index contributed by atoms with van der Waals surface area (Å²) in [6, 6.07) is 0. The van der Waals surface area contributed by atoms with Gasteiger partial charge in [0.15, 0.2) is 12.4 Å². The molecule has 0 aliphatic rings. The minimum Gasteiger partial charge on any atom is -0.479 e. The van der Waals surface area contributed by atoms with Crippen LogP contribution in [0.4, 0.5) is 5.82 Å². The van der Waals surface area contributed by atoms with E-state index in [4.69, 9.17) is 5.11 Å². The Kier molecular flexibility index (Phi) is 3.15. The molecule has 13 heavy (non-hydrogen) atoms. The molecule has 70 valence electrons. The smallest absolute Gasteiger partial charge is 0.332 e. The second kappa shape index (κ2) is 4.36. The summed E-state index contributed by atoms with van der Waals surface area (Å²) in [6.45, 7) is 1.31. The van der Waals surface area contributed by atoms with Gasteiger partial charge in [0.2, 0.25) is 0 Å². The molecule has 0 atom stereocenters. The van der Waals surface area contributed by atoms with Gasteiger partial charge in [-0.15, -0.1) is 0 Å². The predicted molar refractivity (Wildman–Crippen MR) is 44.0 cm³/mol. The van der Waals surface area contributed by atoms with E-state index in [0.717, 1.165) is 0 Å². The van der Waals surface area contributed by atoms with Gasteiger partial charge in [-0.25, -0.2) is 15.3 Å². The summed E-state index contributed by atoms with van der Waals surface area (Å²) >= 11 is 0. The first-order valence-corrected chi connectivity index (χ1v) is 3.57. The normalized spacial score (nSPS) is 9.62. The van der Waals surface area contributed by atoms with Crippen molar-refractivity contribution < 1.29 is 14.7 Å². The van der Waals surface area contributed by atoms with Gasteiger partial charge in [-0.2, -0.15) is 0 Å². The molecular weight excluding hydrogens is 174 g/mol. The Morgan fingerprint density at radius 1 is 1.62 bits per heavy atom. The van der Waals surface area contributed by atoms with Crippen LogP contribution >= 0.6 is 0 Å². The van der Waals surface area contributed by atoms with E-state index in [1.807, 2.05) is 0 Å². The van der Waals surface area contributed by atoms with E-state index in [2.05, 4.69) is 20.3 Å². The molecule has 0 bridgehead atoms. The Bertz CT molecular complexity index is 303. The van der Waals surface area contributed by atoms with Crippen molar-refractivity contribution in [1.82, 2.24) is 9.97 Å². The monoisotopic (exact) mass is 183 g/mol. The fourth-order valence-electron chi connectivity index (χ4n) is 0.674. The van der Waals surface area contributed by atoms with Gasteiger partial charge >= 0.3 is 5.97 Å². The van der Waals surface area contributed by atoms with E-state index in [-0.39, 0.29) is 0 Å². The van der Waals surface area contributed by atoms with Gasteiger partial charge in [0, 0.05) is 12.4 Å². The van der Waals surface area contributed by atoms with Crippen LogP contribution in [0.15, 0.2) is 12.4 Å². The van der Waals surface area contributed by atoms with Crippen molar-refractivity contribution in [2.24, 2.45) is 0 Å². The minimum atomic E-state index is -1.05. The fourth-order valence-corrected chi connectivity index (χ4v) is 0.674. The molecule has 0 aliphatic carbocycles. The largest absolute Gasteiger partial charge is 0.479 e. The van der Waals surface area contributed by atoms with Crippen LogP contribution in [0.2, 0.25) is 0 Å². The average molecular weight is 183 g/mol. The Morgan fingerprint density at radius 2 is 2.31 bits per heavy atom. The van der Waals surface area contributed by atoms with E-state index >= 15 is 0 Å². The molecule has 0 radical (unpaired) electrons. The lowest BCUT2D eigenvalue weighted by atomic mass is 10.5. The summed E-state index contributed by atoms with van der Waals surface area (Å²) in [5.41, 5.74) is 3.04. The Labute approximate surface area is 74.5 Å². The zero-order chi connectivity index (χ0) is 9.68. The van der Waals surface area contributed by atoms with Crippen LogP contribution in [0.5, 0.6) is 0 Å². The molecule has 0 aromatic carbocycles. The third-order valence-corrected chi connectivity index (χ3v) is 1.25. The number of anilines is 1. The molecule has 1 heterocycles. The standard InChI is InChI=1S/C7H9N3O3/c1-5-7(9-3-2-8-5)10-13-4-6(11)12/h2-3H,4H2,1H3,(H,9,10)(H,11,12). The van der Waals surface area contributed by atoms with Gasteiger partial charge in [-0.1, -0.05) is 0 Å². The van der Waals surface area contributed by atoms with Crippen molar-refractivity contribution in [3.63, 3.8) is 0 Å². The molecule has 0 amide bonds. The van der Waals surface area contributed by atoms with Crippen molar-refractivity contribution in [2.75, 3.05) is 12.1 Å². The Morgan fingerprint density at radius 3 is 2.92 bits per heavy atom. The molecule has 6 heteroatoms. The second-order valence-corrected chi connectivity index (χ2v) is 2.27. The Balaban J connectivity index is 2.45. The van der Waals surface area contributed by atoms with Crippen LogP contribution in [0.3, 0.4) is 0 Å². The van der Waals surface area contributed by atoms with Gasteiger partial charge in [0.25, 0.3) is 0 Å². The maximum absolute atomic E-state index is 10.1. The van der Waals surface area contributed by atoms with Gasteiger partial charge in [-0.05, 0) is 6.92 Å². The number of nitrogens with one attached hydrogen (secondary N) is 1. The highest BCUT2D eigenvalue weighted by molar-refractivity contribution is 5.68. The lowest BCUT2D eigenvalue weighted by Crippen LogP contribution is -2.12. The molecule has 0 saturated heterocycles. The van der Waals surface area contributed by atoms with Crippen LogP contribution in [0.25, 0.3) is 0 Å². The van der Waals surface area contributed by atoms with Crippen LogP contribution in [-0.2, 0) is 9.63 Å². The molecule has 0 saturated carbocycles. The van der Waals surface area contributed by atoms with Crippen molar-refractivity contribution in [3.8, 4) is 0 Å². The summed E-state index contributed by atoms with van der Waals surface area (Å²) in [6.07, 6.45) is 3.02. The number of aromatic nitrogens is 2. The zero-order valence-electron chi connectivity index (χ0n) is 7.02. The molecule has 0 aliphatic heterocycles. The molecular formula is C7H9N3O3. The number of carboxylic acid groups (broad SMARTS) is 1. The maximum atomic E-state index is 10.1. The third-order valence-electron chi connectivity index (χ3n) is 1.25. The van der Waals surface area contributed by atoms with Gasteiger partial charge in [0.1, 0.15) is 0 Å². The van der Waals surface area contributed by atoms with Gasteiger partial charge < -0.3 is 5.11 Å². The summed E-state index contributed by atoms with van der Waals surface area (Å²) < 4.78 is 0. The molecule has 2 N–H and O–H groups in total. The van der Waals surface area contributed by atoms with Gasteiger partial charge in [-0.3, -0.25) is 9.82 Å². The highest BCUT2D eigenvalue weighted by Crippen LogP contribution is 2.04. The van der Waals surface area contributed by atoms with Crippen LogP contribution in [0, 0.1) is 6.92 Å². The first kappa shape index (κ1) is 9.40. The Hall–Kier alpha value is -1.69. The van der Waals surface area contributed by atoms with Crippen LogP contribution in [0.1, 0.15) is 5.69 Å². The number of rotatable bonds is 4. The van der Waals surface area contributed by atoms with Crippen LogP contribution in [-0.4, -0.2) is 27.7 Å². The topological polar surface area (TPSA) is 84.3 Å². The first-order chi connectivity index (χ1) is 6.20. The number of hydrogen-bond acceptors (Lipinski definition) is 5. The van der Waals surface area contributed by atoms with E-state index in [1.54, 1.807) is 6.92 Å². The quantitative estimate of drug-likeness (QED) is 0.649. The van der Waals surface area contributed by atoms with Crippen molar-refractivity contribution in [2.45, 2.75) is 6.92 Å². The fraction of sp³-hybridized carbons (Fsp3) is 0.286. The zero-order valence-corrected chi connectivity index (χ0v) is 7.02. The number of aliphatic carboxylic acids is 1. The molecule has 1 rings (SSSR count). The number of nitrogens with zero attached hydrogens (tertiary/aromatic N) is 2. The maximum Gasteiger partial charge on any atom is 0.332 e. The lowest BCUT2D eigenvalue weighted by Gasteiger charge is -2.04. The number of aryl methyl sites for hydroxylation is 1. The van der Waals surface area contributed by atoms with Crippen molar-refractivity contribution in [3.05, 3.63) is 18.1 Å². The summed E-state index contributed by atoms with van der Waals surface area (Å²) in [7, 11) is 0. The average Bonchev–Trinajstić information content (AvgIpc) is 2.08. The second-order valence-electron chi connectivity index (χ2n) is 2.27. The third kappa shape index (κ3) is 3.04. The minimum absolute atomic E-state index is 0.420. The number of hydrogen-bond donors (Lipinski definition) is 2. The lowest BCUT2D eigenvalue weighted by molar-refractivity contribution is -0.141. The highest BCUT2D eigenvalue weighted by Gasteiger charge is 2.00. The number of carbonyl (C=O) groups is 1. The number of carboxylic acids is 1. The SMILES string of the molecule is Cc1nccnc1NOCC(=O)O. The molecule has 0 spiro atoms. The van der Waals surface area contributed by atoms with E-state index in [0.29, 0.717) is 11.5 Å². The summed E-state index contributed by atoms with van der Waals surface area (Å²) in [5, 5.41) is 8.26. The molecule has 6 nitrogen and oxygen atoms in total. The van der Waals surface area contributed by atoms with Gasteiger partial charge in [0.05, 0.1) is 5.69 Å². The molecule has 0 fully saturated rings. The molecule has 0 unspecified atom stereocenters. The molecule has 1 aromatic rings. The van der Waals surface area contributed by atoms with Crippen molar-refractivity contribution >= 4 is 11.8 Å². The van der Waals surface area contributed by atoms with E-state index < -0.39 is 12.6 Å². The predicted octanol–water partition coefficient (Wildman–Crippen LogP) is 0.213. The highest BCUT2D eigenvalue weighted by atomic mass is 16.7.